The number of carbonyl (C=O) groups excluding carboxylic acids is 1. The Morgan fingerprint density at radius 1 is 1.69 bits per heavy atom. The summed E-state index contributed by atoms with van der Waals surface area (Å²) in [6.07, 6.45) is 0.375. The van der Waals surface area contributed by atoms with E-state index in [1.54, 1.807) is 4.90 Å². The van der Waals surface area contributed by atoms with Gasteiger partial charge in [0.05, 0.1) is 31.0 Å². The van der Waals surface area contributed by atoms with Crippen molar-refractivity contribution in [1.29, 1.82) is 0 Å². The summed E-state index contributed by atoms with van der Waals surface area (Å²) >= 11 is 0. The third kappa shape index (κ3) is 2.69. The number of amides is 1. The van der Waals surface area contributed by atoms with Crippen molar-refractivity contribution in [2.24, 2.45) is 10.9 Å². The van der Waals surface area contributed by atoms with Crippen LogP contribution in [0.4, 0.5) is 0 Å². The van der Waals surface area contributed by atoms with E-state index >= 15 is 0 Å². The number of hydrogen-bond acceptors (Lipinski definition) is 6. The number of rotatable bonds is 5. The van der Waals surface area contributed by atoms with Crippen molar-refractivity contribution >= 4 is 11.6 Å². The molecule has 7 heteroatoms. The van der Waals surface area contributed by atoms with Crippen LogP contribution >= 0.6 is 0 Å². The Bertz CT molecular complexity index is 278. The molecule has 1 amide bonds. The Kier molecular flexibility index (Phi) is 4.66. The third-order valence-electron chi connectivity index (χ3n) is 2.63. The summed E-state index contributed by atoms with van der Waals surface area (Å²) in [5.74, 6) is -0.492. The maximum absolute atomic E-state index is 11.2. The third-order valence-corrected chi connectivity index (χ3v) is 2.63. The average molecular weight is 231 g/mol. The van der Waals surface area contributed by atoms with Crippen molar-refractivity contribution in [3.8, 4) is 0 Å². The number of primary amides is 1. The first-order valence-electron chi connectivity index (χ1n) is 4.99. The Balaban J connectivity index is 2.80. The fraction of sp³-hybridized carbons (Fsp3) is 0.778. The van der Waals surface area contributed by atoms with E-state index in [0.29, 0.717) is 18.7 Å². The smallest absolute Gasteiger partial charge is 0.235 e. The molecule has 92 valence electrons. The standard InChI is InChI=1S/C9H17N3O4/c1-16-11-6-2-8(9(10)15)12(3-6)7(4-13)5-14/h7-8,13-14H,2-5H2,1H3,(H2,10,15). The molecule has 0 aromatic heterocycles. The molecule has 0 bridgehead atoms. The fourth-order valence-electron chi connectivity index (χ4n) is 1.84. The summed E-state index contributed by atoms with van der Waals surface area (Å²) in [7, 11) is 1.42. The van der Waals surface area contributed by atoms with E-state index < -0.39 is 18.0 Å². The van der Waals surface area contributed by atoms with Crippen LogP contribution in [0.2, 0.25) is 0 Å². The van der Waals surface area contributed by atoms with Gasteiger partial charge in [-0.2, -0.15) is 0 Å². The molecule has 16 heavy (non-hydrogen) atoms. The fourth-order valence-corrected chi connectivity index (χ4v) is 1.84. The molecule has 1 unspecified atom stereocenters. The molecule has 0 saturated carbocycles. The molecule has 0 spiro atoms. The number of likely N-dealkylation sites (tertiary alicyclic amines) is 1. The summed E-state index contributed by atoms with van der Waals surface area (Å²) in [6.45, 7) is -0.103. The molecule has 0 aliphatic carbocycles. The van der Waals surface area contributed by atoms with Crippen molar-refractivity contribution in [2.75, 3.05) is 26.9 Å². The van der Waals surface area contributed by atoms with Crippen molar-refractivity contribution in [3.05, 3.63) is 0 Å². The Labute approximate surface area is 93.5 Å². The van der Waals surface area contributed by atoms with Crippen LogP contribution in [0.25, 0.3) is 0 Å². The van der Waals surface area contributed by atoms with E-state index in [0.717, 1.165) is 0 Å². The van der Waals surface area contributed by atoms with Gasteiger partial charge in [0.15, 0.2) is 0 Å². The zero-order valence-electron chi connectivity index (χ0n) is 9.17. The predicted octanol–water partition coefficient (Wildman–Crippen LogP) is -2.10. The van der Waals surface area contributed by atoms with Gasteiger partial charge in [-0.05, 0) is 0 Å². The minimum atomic E-state index is -0.543. The second-order valence-electron chi connectivity index (χ2n) is 3.65. The highest BCUT2D eigenvalue weighted by atomic mass is 16.6. The predicted molar refractivity (Wildman–Crippen MR) is 56.7 cm³/mol. The lowest BCUT2D eigenvalue weighted by atomic mass is 10.2. The number of aliphatic hydroxyl groups excluding tert-OH is 2. The van der Waals surface area contributed by atoms with Crippen molar-refractivity contribution in [2.45, 2.75) is 18.5 Å². The highest BCUT2D eigenvalue weighted by Gasteiger charge is 2.37. The van der Waals surface area contributed by atoms with Gasteiger partial charge in [-0.1, -0.05) is 5.16 Å². The summed E-state index contributed by atoms with van der Waals surface area (Å²) in [5.41, 5.74) is 5.93. The van der Waals surface area contributed by atoms with E-state index in [9.17, 15) is 4.79 Å². The Morgan fingerprint density at radius 3 is 2.75 bits per heavy atom. The summed E-state index contributed by atoms with van der Waals surface area (Å²) in [4.78, 5) is 17.5. The molecule has 1 saturated heterocycles. The summed E-state index contributed by atoms with van der Waals surface area (Å²) < 4.78 is 0. The molecular formula is C9H17N3O4. The number of aliphatic hydroxyl groups is 2. The summed E-state index contributed by atoms with van der Waals surface area (Å²) in [5, 5.41) is 21.9. The van der Waals surface area contributed by atoms with Crippen molar-refractivity contribution in [3.63, 3.8) is 0 Å². The number of carbonyl (C=O) groups is 1. The lowest BCUT2D eigenvalue weighted by Gasteiger charge is -2.27. The Hall–Kier alpha value is -1.18. The van der Waals surface area contributed by atoms with Crippen LogP contribution in [0.15, 0.2) is 5.16 Å². The van der Waals surface area contributed by atoms with Crippen LogP contribution in [0.5, 0.6) is 0 Å². The normalized spacial score (nSPS) is 24.2. The first-order chi connectivity index (χ1) is 7.63. The molecule has 4 N–H and O–H groups in total. The maximum atomic E-state index is 11.2. The van der Waals surface area contributed by atoms with Gasteiger partial charge in [-0.15, -0.1) is 0 Å². The van der Waals surface area contributed by atoms with Gasteiger partial charge in [0.2, 0.25) is 5.91 Å². The Morgan fingerprint density at radius 2 is 2.31 bits per heavy atom. The highest BCUT2D eigenvalue weighted by Crippen LogP contribution is 2.18. The van der Waals surface area contributed by atoms with Crippen LogP contribution in [0.3, 0.4) is 0 Å². The molecule has 0 aromatic rings. The molecule has 1 fully saturated rings. The van der Waals surface area contributed by atoms with Gasteiger partial charge in [-0.25, -0.2) is 0 Å². The number of oxime groups is 1. The van der Waals surface area contributed by atoms with Gasteiger partial charge in [-0.3, -0.25) is 9.69 Å². The molecule has 1 aliphatic heterocycles. The van der Waals surface area contributed by atoms with Gasteiger partial charge in [0, 0.05) is 13.0 Å². The zero-order chi connectivity index (χ0) is 12.1. The van der Waals surface area contributed by atoms with Gasteiger partial charge >= 0.3 is 0 Å². The van der Waals surface area contributed by atoms with Crippen molar-refractivity contribution < 1.29 is 19.8 Å². The monoisotopic (exact) mass is 231 g/mol. The van der Waals surface area contributed by atoms with E-state index in [2.05, 4.69) is 9.99 Å². The summed E-state index contributed by atoms with van der Waals surface area (Å²) in [6, 6.07) is -1.04. The molecule has 1 atom stereocenters. The van der Waals surface area contributed by atoms with Crippen LogP contribution < -0.4 is 5.73 Å². The average Bonchev–Trinajstić information content (AvgIpc) is 2.65. The van der Waals surface area contributed by atoms with Crippen LogP contribution in [0, 0.1) is 0 Å². The van der Waals surface area contributed by atoms with E-state index in [-0.39, 0.29) is 13.2 Å². The minimum Gasteiger partial charge on any atom is -0.399 e. The molecule has 0 radical (unpaired) electrons. The van der Waals surface area contributed by atoms with Gasteiger partial charge < -0.3 is 20.8 Å². The zero-order valence-corrected chi connectivity index (χ0v) is 9.17. The largest absolute Gasteiger partial charge is 0.399 e. The molecule has 0 aromatic carbocycles. The number of nitrogens with two attached hydrogens (primary N) is 1. The van der Waals surface area contributed by atoms with Crippen molar-refractivity contribution in [1.82, 2.24) is 4.90 Å². The molecule has 1 rings (SSSR count). The first kappa shape index (κ1) is 12.9. The van der Waals surface area contributed by atoms with Crippen LogP contribution in [-0.4, -0.2) is 65.7 Å². The molecule has 1 aliphatic rings. The quantitative estimate of drug-likeness (QED) is 0.470. The van der Waals surface area contributed by atoms with Crippen LogP contribution in [0.1, 0.15) is 6.42 Å². The van der Waals surface area contributed by atoms with Gasteiger partial charge in [0.1, 0.15) is 7.11 Å². The highest BCUT2D eigenvalue weighted by molar-refractivity contribution is 5.95. The van der Waals surface area contributed by atoms with E-state index in [1.165, 1.54) is 7.11 Å². The second kappa shape index (κ2) is 5.78. The van der Waals surface area contributed by atoms with E-state index in [1.807, 2.05) is 0 Å². The SMILES string of the molecule is CON=C1CC(C(N)=O)N(C(CO)CO)C1. The number of nitrogens with zero attached hydrogens (tertiary/aromatic N) is 2. The molecule has 1 heterocycles. The molecule has 7 nitrogen and oxygen atoms in total. The van der Waals surface area contributed by atoms with Gasteiger partial charge in [0.25, 0.3) is 0 Å². The second-order valence-corrected chi connectivity index (χ2v) is 3.65. The van der Waals surface area contributed by atoms with E-state index in [4.69, 9.17) is 15.9 Å². The maximum Gasteiger partial charge on any atom is 0.235 e. The topological polar surface area (TPSA) is 108 Å². The molecular weight excluding hydrogens is 214 g/mol. The lowest BCUT2D eigenvalue weighted by molar-refractivity contribution is -0.123. The lowest BCUT2D eigenvalue weighted by Crippen LogP contribution is -2.49. The number of hydrogen-bond donors (Lipinski definition) is 3. The first-order valence-corrected chi connectivity index (χ1v) is 4.99. The van der Waals surface area contributed by atoms with Crippen LogP contribution in [-0.2, 0) is 9.63 Å². The minimum absolute atomic E-state index is 0.236.